The summed E-state index contributed by atoms with van der Waals surface area (Å²) in [5, 5.41) is 6.66. The zero-order chi connectivity index (χ0) is 18.6. The number of rotatable bonds is 6. The molecule has 0 saturated carbocycles. The van der Waals surface area contributed by atoms with E-state index in [9.17, 15) is 13.2 Å². The van der Waals surface area contributed by atoms with Gasteiger partial charge in [-0.15, -0.1) is 0 Å². The molecule has 1 heterocycles. The first-order valence-electron chi connectivity index (χ1n) is 7.62. The number of carbonyl (C=O) groups excluding carboxylic acids is 1. The SMILES string of the molecule is O=C(CS(=O)(=O)Cc1cccc(Br)c1)Nc1ccccc1-n1cncn1. The summed E-state index contributed by atoms with van der Waals surface area (Å²) in [6, 6.07) is 13.9. The lowest BCUT2D eigenvalue weighted by molar-refractivity contribution is -0.113. The molecule has 9 heteroatoms. The predicted octanol–water partition coefficient (Wildman–Crippen LogP) is 2.58. The van der Waals surface area contributed by atoms with Gasteiger partial charge in [0.1, 0.15) is 18.4 Å². The molecule has 1 aromatic heterocycles. The van der Waals surface area contributed by atoms with Crippen molar-refractivity contribution in [1.82, 2.24) is 14.8 Å². The molecule has 0 bridgehead atoms. The summed E-state index contributed by atoms with van der Waals surface area (Å²) in [6.45, 7) is 0. The summed E-state index contributed by atoms with van der Waals surface area (Å²) in [5.41, 5.74) is 1.68. The first-order chi connectivity index (χ1) is 12.4. The number of hydrogen-bond acceptors (Lipinski definition) is 5. The van der Waals surface area contributed by atoms with Gasteiger partial charge in [-0.3, -0.25) is 4.79 Å². The number of para-hydroxylation sites is 2. The molecule has 1 amide bonds. The van der Waals surface area contributed by atoms with Crippen LogP contribution in [0.4, 0.5) is 5.69 Å². The molecule has 1 N–H and O–H groups in total. The Bertz CT molecular complexity index is 1020. The first-order valence-corrected chi connectivity index (χ1v) is 10.2. The zero-order valence-electron chi connectivity index (χ0n) is 13.5. The molecule has 0 aliphatic heterocycles. The number of nitrogens with zero attached hydrogens (tertiary/aromatic N) is 3. The van der Waals surface area contributed by atoms with Gasteiger partial charge in [-0.05, 0) is 29.8 Å². The van der Waals surface area contributed by atoms with E-state index >= 15 is 0 Å². The molecular formula is C17H15BrN4O3S. The van der Waals surface area contributed by atoms with Crippen molar-refractivity contribution >= 4 is 37.4 Å². The molecule has 0 spiro atoms. The average Bonchev–Trinajstić information content (AvgIpc) is 3.08. The lowest BCUT2D eigenvalue weighted by Gasteiger charge is -2.11. The highest BCUT2D eigenvalue weighted by Crippen LogP contribution is 2.19. The van der Waals surface area contributed by atoms with Gasteiger partial charge in [-0.25, -0.2) is 18.1 Å². The number of hydrogen-bond donors (Lipinski definition) is 1. The van der Waals surface area contributed by atoms with Crippen LogP contribution in [0.5, 0.6) is 0 Å². The van der Waals surface area contributed by atoms with Gasteiger partial charge in [0.05, 0.1) is 17.1 Å². The van der Waals surface area contributed by atoms with Crippen molar-refractivity contribution < 1.29 is 13.2 Å². The Kier molecular flexibility index (Phi) is 5.48. The van der Waals surface area contributed by atoms with Crippen LogP contribution in [-0.2, 0) is 20.4 Å². The molecular weight excluding hydrogens is 420 g/mol. The number of sulfone groups is 1. The molecule has 134 valence electrons. The van der Waals surface area contributed by atoms with Crippen LogP contribution in [0.1, 0.15) is 5.56 Å². The summed E-state index contributed by atoms with van der Waals surface area (Å²) in [6.07, 6.45) is 2.87. The van der Waals surface area contributed by atoms with Crippen molar-refractivity contribution in [2.24, 2.45) is 0 Å². The van der Waals surface area contributed by atoms with Crippen LogP contribution >= 0.6 is 15.9 Å². The van der Waals surface area contributed by atoms with Crippen LogP contribution in [0.3, 0.4) is 0 Å². The van der Waals surface area contributed by atoms with Gasteiger partial charge in [0.25, 0.3) is 0 Å². The molecule has 0 aliphatic carbocycles. The van der Waals surface area contributed by atoms with Crippen molar-refractivity contribution in [1.29, 1.82) is 0 Å². The summed E-state index contributed by atoms with van der Waals surface area (Å²) in [7, 11) is -3.61. The van der Waals surface area contributed by atoms with Crippen LogP contribution in [0.25, 0.3) is 5.69 Å². The van der Waals surface area contributed by atoms with E-state index < -0.39 is 21.5 Å². The van der Waals surface area contributed by atoms with Gasteiger partial charge in [-0.2, -0.15) is 5.10 Å². The molecule has 0 aliphatic rings. The smallest absolute Gasteiger partial charge is 0.239 e. The number of halogens is 1. The van der Waals surface area contributed by atoms with E-state index in [4.69, 9.17) is 0 Å². The van der Waals surface area contributed by atoms with Crippen molar-refractivity contribution in [2.45, 2.75) is 5.75 Å². The van der Waals surface area contributed by atoms with E-state index in [1.165, 1.54) is 17.3 Å². The Hall–Kier alpha value is -2.52. The van der Waals surface area contributed by atoms with Crippen molar-refractivity contribution in [3.63, 3.8) is 0 Å². The Morgan fingerprint density at radius 1 is 1.15 bits per heavy atom. The van der Waals surface area contributed by atoms with Crippen LogP contribution < -0.4 is 5.32 Å². The van der Waals surface area contributed by atoms with Gasteiger partial charge < -0.3 is 5.32 Å². The van der Waals surface area contributed by atoms with Gasteiger partial charge in [0.2, 0.25) is 5.91 Å². The Balaban J connectivity index is 1.71. The van der Waals surface area contributed by atoms with Crippen LogP contribution in [-0.4, -0.2) is 34.8 Å². The Labute approximate surface area is 159 Å². The molecule has 26 heavy (non-hydrogen) atoms. The highest BCUT2D eigenvalue weighted by Gasteiger charge is 2.19. The van der Waals surface area contributed by atoms with E-state index in [-0.39, 0.29) is 5.75 Å². The Morgan fingerprint density at radius 2 is 1.96 bits per heavy atom. The second-order valence-corrected chi connectivity index (χ2v) is 8.55. The number of carbonyl (C=O) groups is 1. The lowest BCUT2D eigenvalue weighted by Crippen LogP contribution is -2.24. The van der Waals surface area contributed by atoms with Gasteiger partial charge in [0, 0.05) is 4.47 Å². The highest BCUT2D eigenvalue weighted by atomic mass is 79.9. The van der Waals surface area contributed by atoms with E-state index in [1.807, 2.05) is 6.07 Å². The second kappa shape index (κ2) is 7.79. The zero-order valence-corrected chi connectivity index (χ0v) is 15.9. The number of aromatic nitrogens is 3. The molecule has 2 aromatic carbocycles. The fourth-order valence-electron chi connectivity index (χ4n) is 2.43. The molecule has 0 radical (unpaired) electrons. The minimum atomic E-state index is -3.61. The maximum absolute atomic E-state index is 12.3. The molecule has 7 nitrogen and oxygen atoms in total. The monoisotopic (exact) mass is 434 g/mol. The van der Waals surface area contributed by atoms with E-state index in [0.29, 0.717) is 16.9 Å². The minimum Gasteiger partial charge on any atom is -0.323 e. The Morgan fingerprint density at radius 3 is 2.69 bits per heavy atom. The molecule has 0 saturated heterocycles. The number of nitrogens with one attached hydrogen (secondary N) is 1. The number of benzene rings is 2. The topological polar surface area (TPSA) is 94.0 Å². The van der Waals surface area contributed by atoms with Crippen LogP contribution in [0, 0.1) is 0 Å². The van der Waals surface area contributed by atoms with Crippen LogP contribution in [0.15, 0.2) is 65.7 Å². The van der Waals surface area contributed by atoms with E-state index in [2.05, 4.69) is 31.3 Å². The normalized spacial score (nSPS) is 11.3. The number of amides is 1. The molecule has 3 rings (SSSR count). The summed E-state index contributed by atoms with van der Waals surface area (Å²) in [5.74, 6) is -1.41. The summed E-state index contributed by atoms with van der Waals surface area (Å²) in [4.78, 5) is 16.1. The third-order valence-corrected chi connectivity index (χ3v) is 5.44. The van der Waals surface area contributed by atoms with Gasteiger partial charge in [-0.1, -0.05) is 40.2 Å². The first kappa shape index (κ1) is 18.3. The molecule has 0 unspecified atom stereocenters. The van der Waals surface area contributed by atoms with Crippen molar-refractivity contribution in [2.75, 3.05) is 11.1 Å². The third-order valence-electron chi connectivity index (χ3n) is 3.47. The van der Waals surface area contributed by atoms with E-state index in [1.54, 1.807) is 42.5 Å². The maximum atomic E-state index is 12.3. The van der Waals surface area contributed by atoms with Gasteiger partial charge in [0.15, 0.2) is 9.84 Å². The summed E-state index contributed by atoms with van der Waals surface area (Å²) < 4.78 is 26.9. The minimum absolute atomic E-state index is 0.204. The van der Waals surface area contributed by atoms with E-state index in [0.717, 1.165) is 4.47 Å². The molecule has 0 fully saturated rings. The number of anilines is 1. The fraction of sp³-hybridized carbons (Fsp3) is 0.118. The van der Waals surface area contributed by atoms with Gasteiger partial charge >= 0.3 is 0 Å². The molecule has 0 atom stereocenters. The third kappa shape index (κ3) is 4.77. The molecule has 3 aromatic rings. The summed E-state index contributed by atoms with van der Waals surface area (Å²) >= 11 is 3.30. The van der Waals surface area contributed by atoms with Crippen molar-refractivity contribution in [3.05, 3.63) is 71.2 Å². The highest BCUT2D eigenvalue weighted by molar-refractivity contribution is 9.10. The second-order valence-electron chi connectivity index (χ2n) is 5.57. The lowest BCUT2D eigenvalue weighted by atomic mass is 10.2. The predicted molar refractivity (Wildman–Crippen MR) is 102 cm³/mol. The largest absolute Gasteiger partial charge is 0.323 e. The quantitative estimate of drug-likeness (QED) is 0.643. The average molecular weight is 435 g/mol. The standard InChI is InChI=1S/C17H15BrN4O3S/c18-14-5-3-4-13(8-14)9-26(24,25)10-17(23)21-15-6-1-2-7-16(15)22-12-19-11-20-22/h1-8,11-12H,9-10H2,(H,21,23). The maximum Gasteiger partial charge on any atom is 0.239 e. The fourth-order valence-corrected chi connectivity index (χ4v) is 4.14. The van der Waals surface area contributed by atoms with Crippen LogP contribution in [0.2, 0.25) is 0 Å². The van der Waals surface area contributed by atoms with Crippen molar-refractivity contribution in [3.8, 4) is 5.69 Å².